The van der Waals surface area contributed by atoms with E-state index in [0.29, 0.717) is 12.8 Å². The Bertz CT molecular complexity index is 280. The predicted octanol–water partition coefficient (Wildman–Crippen LogP) is 1.36. The second kappa shape index (κ2) is 8.08. The van der Waals surface area contributed by atoms with Crippen LogP contribution in [0.2, 0.25) is 0 Å². The van der Waals surface area contributed by atoms with Crippen LogP contribution in [0.4, 0.5) is 0 Å². The fourth-order valence-electron chi connectivity index (χ4n) is 2.39. The number of methoxy groups -OCH3 is 2. The lowest BCUT2D eigenvalue weighted by Crippen LogP contribution is -2.41. The maximum Gasteiger partial charge on any atom is 0.307 e. The average molecular weight is 257 g/mol. The van der Waals surface area contributed by atoms with Gasteiger partial charge in [0, 0.05) is 12.5 Å². The summed E-state index contributed by atoms with van der Waals surface area (Å²) in [6.07, 6.45) is 5.04. The molecule has 1 saturated heterocycles. The van der Waals surface area contributed by atoms with Crippen LogP contribution in [0.15, 0.2) is 0 Å². The summed E-state index contributed by atoms with van der Waals surface area (Å²) in [6, 6.07) is 0.267. The molecule has 0 aromatic carbocycles. The van der Waals surface area contributed by atoms with Crippen LogP contribution < -0.4 is 0 Å². The molecule has 1 unspecified atom stereocenters. The quantitative estimate of drug-likeness (QED) is 0.672. The molecule has 104 valence electrons. The summed E-state index contributed by atoms with van der Waals surface area (Å²) < 4.78 is 9.34. The topological polar surface area (TPSA) is 55.8 Å². The molecule has 0 saturated carbocycles. The summed E-state index contributed by atoms with van der Waals surface area (Å²) in [4.78, 5) is 24.7. The molecule has 0 N–H and O–H groups in total. The van der Waals surface area contributed by atoms with E-state index in [1.807, 2.05) is 0 Å². The van der Waals surface area contributed by atoms with E-state index < -0.39 is 0 Å². The molecule has 0 aromatic rings. The van der Waals surface area contributed by atoms with Crippen molar-refractivity contribution in [2.24, 2.45) is 0 Å². The SMILES string of the molecule is COC(=O)CCCN1CCCCC1CC(=O)OC. The molecule has 1 heterocycles. The first-order valence-corrected chi connectivity index (χ1v) is 6.55. The first kappa shape index (κ1) is 15.0. The van der Waals surface area contributed by atoms with Gasteiger partial charge in [-0.3, -0.25) is 14.5 Å². The van der Waals surface area contributed by atoms with Crippen LogP contribution in [0.3, 0.4) is 0 Å². The van der Waals surface area contributed by atoms with Crippen molar-refractivity contribution in [1.82, 2.24) is 4.90 Å². The number of nitrogens with zero attached hydrogens (tertiary/aromatic N) is 1. The van der Waals surface area contributed by atoms with E-state index >= 15 is 0 Å². The smallest absolute Gasteiger partial charge is 0.307 e. The Morgan fingerprint density at radius 3 is 2.56 bits per heavy atom. The van der Waals surface area contributed by atoms with Gasteiger partial charge < -0.3 is 9.47 Å². The molecule has 0 bridgehead atoms. The van der Waals surface area contributed by atoms with E-state index in [2.05, 4.69) is 9.64 Å². The minimum Gasteiger partial charge on any atom is -0.469 e. The minimum atomic E-state index is -0.170. The summed E-state index contributed by atoms with van der Waals surface area (Å²) in [5, 5.41) is 0. The van der Waals surface area contributed by atoms with Crippen molar-refractivity contribution in [3.8, 4) is 0 Å². The zero-order chi connectivity index (χ0) is 13.4. The Morgan fingerprint density at radius 1 is 1.17 bits per heavy atom. The van der Waals surface area contributed by atoms with Crippen molar-refractivity contribution < 1.29 is 19.1 Å². The summed E-state index contributed by atoms with van der Waals surface area (Å²) in [6.45, 7) is 1.85. The molecule has 1 aliphatic rings. The van der Waals surface area contributed by atoms with Crippen LogP contribution in [0.5, 0.6) is 0 Å². The van der Waals surface area contributed by atoms with Gasteiger partial charge in [-0.05, 0) is 32.4 Å². The summed E-state index contributed by atoms with van der Waals surface area (Å²) in [5.74, 6) is -0.323. The number of likely N-dealkylation sites (tertiary alicyclic amines) is 1. The van der Waals surface area contributed by atoms with Crippen LogP contribution in [0.25, 0.3) is 0 Å². The molecule has 0 amide bonds. The van der Waals surface area contributed by atoms with Crippen LogP contribution in [0, 0.1) is 0 Å². The van der Waals surface area contributed by atoms with Crippen molar-refractivity contribution in [2.75, 3.05) is 27.3 Å². The van der Waals surface area contributed by atoms with E-state index in [0.717, 1.165) is 38.8 Å². The van der Waals surface area contributed by atoms with Crippen molar-refractivity contribution in [2.45, 2.75) is 44.6 Å². The lowest BCUT2D eigenvalue weighted by Gasteiger charge is -2.35. The minimum absolute atomic E-state index is 0.153. The van der Waals surface area contributed by atoms with Crippen LogP contribution >= 0.6 is 0 Å². The Balaban J connectivity index is 2.34. The summed E-state index contributed by atoms with van der Waals surface area (Å²) in [5.41, 5.74) is 0. The zero-order valence-electron chi connectivity index (χ0n) is 11.3. The molecule has 1 fully saturated rings. The number of piperidine rings is 1. The van der Waals surface area contributed by atoms with E-state index in [1.54, 1.807) is 0 Å². The summed E-state index contributed by atoms with van der Waals surface area (Å²) >= 11 is 0. The third-order valence-electron chi connectivity index (χ3n) is 3.43. The molecule has 18 heavy (non-hydrogen) atoms. The van der Waals surface area contributed by atoms with E-state index in [1.165, 1.54) is 14.2 Å². The number of hydrogen-bond donors (Lipinski definition) is 0. The van der Waals surface area contributed by atoms with Gasteiger partial charge in [0.1, 0.15) is 0 Å². The maximum atomic E-state index is 11.3. The zero-order valence-corrected chi connectivity index (χ0v) is 11.3. The number of rotatable bonds is 6. The predicted molar refractivity (Wildman–Crippen MR) is 67.1 cm³/mol. The molecule has 0 radical (unpaired) electrons. The second-order valence-corrected chi connectivity index (χ2v) is 4.65. The van der Waals surface area contributed by atoms with Gasteiger partial charge in [-0.2, -0.15) is 0 Å². The maximum absolute atomic E-state index is 11.3. The average Bonchev–Trinajstić information content (AvgIpc) is 2.40. The Hall–Kier alpha value is -1.10. The van der Waals surface area contributed by atoms with Crippen LogP contribution in [-0.4, -0.2) is 50.2 Å². The highest BCUT2D eigenvalue weighted by Crippen LogP contribution is 2.20. The normalized spacial score (nSPS) is 20.4. The van der Waals surface area contributed by atoms with Gasteiger partial charge in [0.15, 0.2) is 0 Å². The Labute approximate surface area is 108 Å². The van der Waals surface area contributed by atoms with Crippen molar-refractivity contribution in [3.63, 3.8) is 0 Å². The molecular formula is C13H23NO4. The van der Waals surface area contributed by atoms with Gasteiger partial charge in [0.05, 0.1) is 20.6 Å². The third kappa shape index (κ3) is 5.04. The van der Waals surface area contributed by atoms with E-state index in [9.17, 15) is 9.59 Å². The van der Waals surface area contributed by atoms with Gasteiger partial charge in [-0.1, -0.05) is 6.42 Å². The second-order valence-electron chi connectivity index (χ2n) is 4.65. The van der Waals surface area contributed by atoms with Crippen molar-refractivity contribution >= 4 is 11.9 Å². The molecule has 1 atom stereocenters. The highest BCUT2D eigenvalue weighted by atomic mass is 16.5. The number of carbonyl (C=O) groups excluding carboxylic acids is 2. The van der Waals surface area contributed by atoms with Gasteiger partial charge >= 0.3 is 11.9 Å². The molecule has 1 aliphatic heterocycles. The first-order chi connectivity index (χ1) is 8.67. The monoisotopic (exact) mass is 257 g/mol. The molecule has 0 spiro atoms. The van der Waals surface area contributed by atoms with Gasteiger partial charge in [0.2, 0.25) is 0 Å². The van der Waals surface area contributed by atoms with E-state index in [-0.39, 0.29) is 18.0 Å². The van der Waals surface area contributed by atoms with E-state index in [4.69, 9.17) is 4.74 Å². The van der Waals surface area contributed by atoms with Gasteiger partial charge in [-0.15, -0.1) is 0 Å². The standard InChI is InChI=1S/C13H23NO4/c1-17-12(15)7-5-9-14-8-4-3-6-11(14)10-13(16)18-2/h11H,3-10H2,1-2H3. The number of carbonyl (C=O) groups is 2. The van der Waals surface area contributed by atoms with Crippen molar-refractivity contribution in [1.29, 1.82) is 0 Å². The fraction of sp³-hybridized carbons (Fsp3) is 0.846. The lowest BCUT2D eigenvalue weighted by atomic mass is 9.99. The van der Waals surface area contributed by atoms with Crippen LogP contribution in [-0.2, 0) is 19.1 Å². The molecule has 5 heteroatoms. The van der Waals surface area contributed by atoms with Crippen molar-refractivity contribution in [3.05, 3.63) is 0 Å². The number of hydrogen-bond acceptors (Lipinski definition) is 5. The Morgan fingerprint density at radius 2 is 1.89 bits per heavy atom. The molecule has 5 nitrogen and oxygen atoms in total. The highest BCUT2D eigenvalue weighted by molar-refractivity contribution is 5.70. The highest BCUT2D eigenvalue weighted by Gasteiger charge is 2.24. The van der Waals surface area contributed by atoms with Gasteiger partial charge in [0.25, 0.3) is 0 Å². The molecule has 0 aromatic heterocycles. The molecular weight excluding hydrogens is 234 g/mol. The largest absolute Gasteiger partial charge is 0.469 e. The van der Waals surface area contributed by atoms with Gasteiger partial charge in [-0.25, -0.2) is 0 Å². The van der Waals surface area contributed by atoms with Crippen LogP contribution in [0.1, 0.15) is 38.5 Å². The third-order valence-corrected chi connectivity index (χ3v) is 3.43. The summed E-state index contributed by atoms with van der Waals surface area (Å²) in [7, 11) is 2.83. The number of esters is 2. The number of ether oxygens (including phenoxy) is 2. The fourth-order valence-corrected chi connectivity index (χ4v) is 2.39. The Kier molecular flexibility index (Phi) is 6.72. The molecule has 1 rings (SSSR count). The first-order valence-electron chi connectivity index (χ1n) is 6.55. The molecule has 0 aliphatic carbocycles. The lowest BCUT2D eigenvalue weighted by molar-refractivity contribution is -0.143.